The first-order valence-electron chi connectivity index (χ1n) is 6.31. The maximum atomic E-state index is 12.5. The van der Waals surface area contributed by atoms with Crippen molar-refractivity contribution in [1.82, 2.24) is 9.29 Å². The molecule has 7 heteroatoms. The smallest absolute Gasteiger partial charge is 0.244 e. The van der Waals surface area contributed by atoms with Gasteiger partial charge in [-0.2, -0.15) is 0 Å². The van der Waals surface area contributed by atoms with Gasteiger partial charge in [0, 0.05) is 31.7 Å². The van der Waals surface area contributed by atoms with Crippen molar-refractivity contribution < 1.29 is 8.42 Å². The average molecular weight is 326 g/mol. The molecule has 1 heterocycles. The van der Waals surface area contributed by atoms with Gasteiger partial charge >= 0.3 is 0 Å². The SMILES string of the molecule is CN(CCc1ccncc1)S(=O)(=O)c1ccc(N)cc1Cl. The van der Waals surface area contributed by atoms with Gasteiger partial charge in [-0.15, -0.1) is 0 Å². The molecule has 0 saturated heterocycles. The Bertz CT molecular complexity index is 720. The number of benzene rings is 1. The van der Waals surface area contributed by atoms with Crippen molar-refractivity contribution in [2.24, 2.45) is 0 Å². The summed E-state index contributed by atoms with van der Waals surface area (Å²) in [7, 11) is -2.10. The van der Waals surface area contributed by atoms with Crippen LogP contribution in [0.2, 0.25) is 5.02 Å². The fraction of sp³-hybridized carbons (Fsp3) is 0.214. The number of nitrogens with two attached hydrogens (primary N) is 1. The summed E-state index contributed by atoms with van der Waals surface area (Å²) in [5.74, 6) is 0. The molecule has 5 nitrogen and oxygen atoms in total. The first-order chi connectivity index (χ1) is 9.91. The Morgan fingerprint density at radius 2 is 1.90 bits per heavy atom. The van der Waals surface area contributed by atoms with Crippen LogP contribution >= 0.6 is 11.6 Å². The van der Waals surface area contributed by atoms with Gasteiger partial charge in [-0.1, -0.05) is 11.6 Å². The van der Waals surface area contributed by atoms with Crippen LogP contribution in [0, 0.1) is 0 Å². The van der Waals surface area contributed by atoms with Gasteiger partial charge in [0.1, 0.15) is 4.90 Å². The zero-order valence-electron chi connectivity index (χ0n) is 11.5. The lowest BCUT2D eigenvalue weighted by atomic mass is 10.2. The summed E-state index contributed by atoms with van der Waals surface area (Å²) in [6.45, 7) is 0.354. The van der Waals surface area contributed by atoms with Crippen molar-refractivity contribution >= 4 is 27.3 Å². The van der Waals surface area contributed by atoms with Crippen molar-refractivity contribution in [2.45, 2.75) is 11.3 Å². The average Bonchev–Trinajstić information content (AvgIpc) is 2.45. The van der Waals surface area contributed by atoms with Gasteiger partial charge in [0.25, 0.3) is 0 Å². The first-order valence-corrected chi connectivity index (χ1v) is 8.13. The number of anilines is 1. The van der Waals surface area contributed by atoms with Crippen LogP contribution in [-0.2, 0) is 16.4 Å². The Labute approximate surface area is 129 Å². The van der Waals surface area contributed by atoms with Crippen LogP contribution in [-0.4, -0.2) is 31.3 Å². The molecule has 0 saturated carbocycles. The number of aromatic nitrogens is 1. The molecule has 0 aliphatic heterocycles. The molecule has 2 aromatic rings. The Morgan fingerprint density at radius 3 is 2.52 bits per heavy atom. The second kappa shape index (κ2) is 6.43. The number of nitrogen functional groups attached to an aromatic ring is 1. The molecule has 0 atom stereocenters. The van der Waals surface area contributed by atoms with Crippen LogP contribution < -0.4 is 5.73 Å². The number of rotatable bonds is 5. The largest absolute Gasteiger partial charge is 0.399 e. The molecule has 21 heavy (non-hydrogen) atoms. The maximum Gasteiger partial charge on any atom is 0.244 e. The predicted molar refractivity (Wildman–Crippen MR) is 83.6 cm³/mol. The summed E-state index contributed by atoms with van der Waals surface area (Å²) < 4.78 is 26.2. The minimum atomic E-state index is -3.63. The lowest BCUT2D eigenvalue weighted by Gasteiger charge is -2.18. The molecular weight excluding hydrogens is 310 g/mol. The highest BCUT2D eigenvalue weighted by Crippen LogP contribution is 2.26. The molecule has 1 aromatic heterocycles. The second-order valence-corrected chi connectivity index (χ2v) is 7.04. The third-order valence-electron chi connectivity index (χ3n) is 3.11. The third kappa shape index (κ3) is 3.72. The number of likely N-dealkylation sites (N-methyl/N-ethyl adjacent to an activating group) is 1. The van der Waals surface area contributed by atoms with Crippen molar-refractivity contribution in [3.8, 4) is 0 Å². The van der Waals surface area contributed by atoms with E-state index in [0.29, 0.717) is 18.7 Å². The number of hydrogen-bond donors (Lipinski definition) is 1. The second-order valence-electron chi connectivity index (χ2n) is 4.62. The minimum Gasteiger partial charge on any atom is -0.399 e. The summed E-state index contributed by atoms with van der Waals surface area (Å²) in [5.41, 5.74) is 7.04. The number of sulfonamides is 1. The fourth-order valence-electron chi connectivity index (χ4n) is 1.85. The highest BCUT2D eigenvalue weighted by molar-refractivity contribution is 7.89. The molecule has 2 N–H and O–H groups in total. The molecule has 112 valence electrons. The van der Waals surface area contributed by atoms with Gasteiger partial charge in [0.05, 0.1) is 5.02 Å². The van der Waals surface area contributed by atoms with E-state index in [1.165, 1.54) is 29.6 Å². The predicted octanol–water partition coefficient (Wildman–Crippen LogP) is 2.18. The molecule has 0 fully saturated rings. The van der Waals surface area contributed by atoms with Crippen LogP contribution in [0.5, 0.6) is 0 Å². The minimum absolute atomic E-state index is 0.0654. The summed E-state index contributed by atoms with van der Waals surface area (Å²) in [4.78, 5) is 3.99. The van der Waals surface area contributed by atoms with Gasteiger partial charge in [0.2, 0.25) is 10.0 Å². The van der Waals surface area contributed by atoms with Crippen molar-refractivity contribution in [3.05, 3.63) is 53.3 Å². The van der Waals surface area contributed by atoms with Crippen LogP contribution in [0.4, 0.5) is 5.69 Å². The normalized spacial score (nSPS) is 11.8. The van der Waals surface area contributed by atoms with E-state index < -0.39 is 10.0 Å². The topological polar surface area (TPSA) is 76.3 Å². The van der Waals surface area contributed by atoms with Gasteiger partial charge in [0.15, 0.2) is 0 Å². The number of nitrogens with zero attached hydrogens (tertiary/aromatic N) is 2. The lowest BCUT2D eigenvalue weighted by molar-refractivity contribution is 0.472. The highest BCUT2D eigenvalue weighted by atomic mass is 35.5. The van der Waals surface area contributed by atoms with E-state index in [-0.39, 0.29) is 9.92 Å². The Balaban J connectivity index is 2.15. The molecule has 0 spiro atoms. The van der Waals surface area contributed by atoms with Crippen LogP contribution in [0.25, 0.3) is 0 Å². The molecule has 1 aromatic carbocycles. The van der Waals surface area contributed by atoms with Gasteiger partial charge in [-0.3, -0.25) is 4.98 Å². The lowest BCUT2D eigenvalue weighted by Crippen LogP contribution is -2.29. The van der Waals surface area contributed by atoms with Crippen LogP contribution in [0.3, 0.4) is 0 Å². The van der Waals surface area contributed by atoms with E-state index in [9.17, 15) is 8.42 Å². The number of halogens is 1. The van der Waals surface area contributed by atoms with E-state index in [2.05, 4.69) is 4.98 Å². The Morgan fingerprint density at radius 1 is 1.24 bits per heavy atom. The molecule has 2 rings (SSSR count). The fourth-order valence-corrected chi connectivity index (χ4v) is 3.54. The van der Waals surface area contributed by atoms with E-state index in [0.717, 1.165) is 5.56 Å². The van der Waals surface area contributed by atoms with Gasteiger partial charge in [-0.25, -0.2) is 12.7 Å². The van der Waals surface area contributed by atoms with Crippen molar-refractivity contribution in [2.75, 3.05) is 19.3 Å². The van der Waals surface area contributed by atoms with Crippen LogP contribution in [0.15, 0.2) is 47.6 Å². The molecule has 0 unspecified atom stereocenters. The number of pyridine rings is 1. The van der Waals surface area contributed by atoms with E-state index in [1.807, 2.05) is 12.1 Å². The number of hydrogen-bond acceptors (Lipinski definition) is 4. The quantitative estimate of drug-likeness (QED) is 0.855. The van der Waals surface area contributed by atoms with Gasteiger partial charge in [-0.05, 0) is 42.3 Å². The van der Waals surface area contributed by atoms with Gasteiger partial charge < -0.3 is 5.73 Å². The van der Waals surface area contributed by atoms with E-state index >= 15 is 0 Å². The standard InChI is InChI=1S/C14H16ClN3O2S/c1-18(9-6-11-4-7-17-8-5-11)21(19,20)14-3-2-12(16)10-13(14)15/h2-5,7-8,10H,6,9,16H2,1H3. The highest BCUT2D eigenvalue weighted by Gasteiger charge is 2.23. The zero-order chi connectivity index (χ0) is 15.5. The maximum absolute atomic E-state index is 12.5. The van der Waals surface area contributed by atoms with E-state index in [4.69, 9.17) is 17.3 Å². The summed E-state index contributed by atoms with van der Waals surface area (Å²) in [6.07, 6.45) is 3.96. The summed E-state index contributed by atoms with van der Waals surface area (Å²) >= 11 is 5.98. The molecule has 0 aliphatic carbocycles. The van der Waals surface area contributed by atoms with Crippen LogP contribution in [0.1, 0.15) is 5.56 Å². The van der Waals surface area contributed by atoms with Crippen molar-refractivity contribution in [1.29, 1.82) is 0 Å². The van der Waals surface area contributed by atoms with E-state index in [1.54, 1.807) is 12.4 Å². The summed E-state index contributed by atoms with van der Waals surface area (Å²) in [6, 6.07) is 8.10. The molecule has 0 aliphatic rings. The zero-order valence-corrected chi connectivity index (χ0v) is 13.1. The van der Waals surface area contributed by atoms with Crippen molar-refractivity contribution in [3.63, 3.8) is 0 Å². The molecule has 0 radical (unpaired) electrons. The summed E-state index contributed by atoms with van der Waals surface area (Å²) in [5, 5.41) is 0.130. The Hall–Kier alpha value is -1.63. The third-order valence-corrected chi connectivity index (χ3v) is 5.45. The first kappa shape index (κ1) is 15.8. The molecule has 0 amide bonds. The Kier molecular flexibility index (Phi) is 4.82. The molecule has 0 bridgehead atoms. The monoisotopic (exact) mass is 325 g/mol. The molecular formula is C14H16ClN3O2S.